The second-order valence-corrected chi connectivity index (χ2v) is 6.73. The minimum Gasteiger partial charge on any atom is -0.374 e. The molecule has 1 N–H and O–H groups in total. The van der Waals surface area contributed by atoms with Crippen molar-refractivity contribution in [1.82, 2.24) is 9.97 Å². The van der Waals surface area contributed by atoms with E-state index in [2.05, 4.69) is 22.2 Å². The van der Waals surface area contributed by atoms with Crippen molar-refractivity contribution >= 4 is 17.6 Å². The molecular formula is C15H25N3OS. The molecule has 2 atom stereocenters. The first-order chi connectivity index (χ1) is 9.71. The monoisotopic (exact) mass is 295 g/mol. The lowest BCUT2D eigenvalue weighted by atomic mass is 9.91. The zero-order chi connectivity index (χ0) is 14.4. The third-order valence-electron chi connectivity index (χ3n) is 3.62. The summed E-state index contributed by atoms with van der Waals surface area (Å²) in [6.45, 7) is 5.52. The Morgan fingerprint density at radius 3 is 2.95 bits per heavy atom. The molecule has 1 heterocycles. The van der Waals surface area contributed by atoms with Gasteiger partial charge >= 0.3 is 0 Å². The maximum Gasteiger partial charge on any atom is 0.157 e. The van der Waals surface area contributed by atoms with Crippen molar-refractivity contribution < 1.29 is 4.74 Å². The Balaban J connectivity index is 2.05. The number of nitrogens with zero attached hydrogens (tertiary/aromatic N) is 2. The van der Waals surface area contributed by atoms with Crippen molar-refractivity contribution in [2.24, 2.45) is 5.92 Å². The van der Waals surface area contributed by atoms with Crippen molar-refractivity contribution in [3.8, 4) is 0 Å². The van der Waals surface area contributed by atoms with Crippen LogP contribution in [0.15, 0.2) is 11.1 Å². The number of rotatable bonds is 6. The molecule has 1 aromatic rings. The normalized spacial score (nSPS) is 22.8. The largest absolute Gasteiger partial charge is 0.374 e. The van der Waals surface area contributed by atoms with Crippen LogP contribution in [0.3, 0.4) is 0 Å². The van der Waals surface area contributed by atoms with Crippen LogP contribution < -0.4 is 5.32 Å². The molecule has 0 spiro atoms. The number of anilines is 1. The quantitative estimate of drug-likeness (QED) is 0.810. The maximum atomic E-state index is 5.42. The molecule has 1 aromatic heterocycles. The molecule has 0 aliphatic heterocycles. The lowest BCUT2D eigenvalue weighted by Crippen LogP contribution is -2.15. The summed E-state index contributed by atoms with van der Waals surface area (Å²) in [5, 5.41) is 4.87. The number of hydrogen-bond acceptors (Lipinski definition) is 5. The van der Waals surface area contributed by atoms with E-state index >= 15 is 0 Å². The first-order valence-electron chi connectivity index (χ1n) is 7.51. The zero-order valence-corrected chi connectivity index (χ0v) is 13.5. The van der Waals surface area contributed by atoms with Gasteiger partial charge in [0.2, 0.25) is 0 Å². The molecule has 2 rings (SSSR count). The van der Waals surface area contributed by atoms with Crippen molar-refractivity contribution in [3.05, 3.63) is 11.9 Å². The van der Waals surface area contributed by atoms with Crippen molar-refractivity contribution in [1.29, 1.82) is 0 Å². The van der Waals surface area contributed by atoms with Crippen LogP contribution in [-0.4, -0.2) is 28.9 Å². The van der Waals surface area contributed by atoms with E-state index in [1.807, 2.05) is 31.8 Å². The predicted octanol–water partition coefficient (Wildman–Crippen LogP) is 3.73. The molecule has 0 aromatic carbocycles. The third-order valence-corrected chi connectivity index (χ3v) is 4.83. The Morgan fingerprint density at radius 1 is 1.40 bits per heavy atom. The van der Waals surface area contributed by atoms with Crippen LogP contribution in [0.5, 0.6) is 0 Å². The number of hydrogen-bond donors (Lipinski definition) is 1. The second kappa shape index (κ2) is 7.84. The summed E-state index contributed by atoms with van der Waals surface area (Å²) < 4.78 is 5.42. The average Bonchev–Trinajstić information content (AvgIpc) is 2.45. The Kier molecular flexibility index (Phi) is 6.10. The van der Waals surface area contributed by atoms with Crippen molar-refractivity contribution in [2.45, 2.75) is 56.4 Å². The molecule has 112 valence electrons. The fourth-order valence-electron chi connectivity index (χ4n) is 2.58. The Morgan fingerprint density at radius 2 is 2.25 bits per heavy atom. The highest BCUT2D eigenvalue weighted by Crippen LogP contribution is 2.35. The summed E-state index contributed by atoms with van der Waals surface area (Å²) in [5.74, 6) is 2.49. The van der Waals surface area contributed by atoms with Crippen molar-refractivity contribution in [3.63, 3.8) is 0 Å². The molecule has 2 unspecified atom stereocenters. The highest BCUT2D eigenvalue weighted by atomic mass is 32.2. The molecular weight excluding hydrogens is 270 g/mol. The van der Waals surface area contributed by atoms with Crippen molar-refractivity contribution in [2.75, 3.05) is 19.0 Å². The van der Waals surface area contributed by atoms with Gasteiger partial charge in [-0.15, -0.1) is 11.8 Å². The van der Waals surface area contributed by atoms with Crippen LogP contribution in [0.1, 0.15) is 45.4 Å². The van der Waals surface area contributed by atoms with E-state index in [1.54, 1.807) is 0 Å². The second-order valence-electron chi connectivity index (χ2n) is 5.41. The molecule has 0 bridgehead atoms. The topological polar surface area (TPSA) is 47.0 Å². The van der Waals surface area contributed by atoms with E-state index in [4.69, 9.17) is 4.74 Å². The van der Waals surface area contributed by atoms with E-state index < -0.39 is 0 Å². The fourth-order valence-corrected chi connectivity index (χ4v) is 3.96. The summed E-state index contributed by atoms with van der Waals surface area (Å²) in [4.78, 5) is 9.06. The summed E-state index contributed by atoms with van der Waals surface area (Å²) in [5.41, 5.74) is 0. The Hall–Kier alpha value is -0.810. The molecule has 0 amide bonds. The molecule has 1 aliphatic carbocycles. The van der Waals surface area contributed by atoms with E-state index in [9.17, 15) is 0 Å². The Bertz CT molecular complexity index is 428. The van der Waals surface area contributed by atoms with Gasteiger partial charge in [-0.05, 0) is 25.7 Å². The molecule has 1 saturated carbocycles. The molecule has 20 heavy (non-hydrogen) atoms. The first-order valence-corrected chi connectivity index (χ1v) is 8.39. The molecule has 4 nitrogen and oxygen atoms in total. The molecule has 5 heteroatoms. The summed E-state index contributed by atoms with van der Waals surface area (Å²) >= 11 is 1.90. The summed E-state index contributed by atoms with van der Waals surface area (Å²) in [6.07, 6.45) is 5.31. The van der Waals surface area contributed by atoms with Gasteiger partial charge in [0.1, 0.15) is 17.5 Å². The Labute approximate surface area is 126 Å². The summed E-state index contributed by atoms with van der Waals surface area (Å²) in [7, 11) is 1.89. The van der Waals surface area contributed by atoms with Gasteiger partial charge in [-0.3, -0.25) is 0 Å². The van der Waals surface area contributed by atoms with Gasteiger partial charge < -0.3 is 10.1 Å². The van der Waals surface area contributed by atoms with Gasteiger partial charge in [-0.25, -0.2) is 9.97 Å². The summed E-state index contributed by atoms with van der Waals surface area (Å²) in [6, 6.07) is 2.04. The SMILES string of the molecule is CCOCc1nc(NC)cc(SC2CCCC(C)C2)n1. The lowest BCUT2D eigenvalue weighted by molar-refractivity contribution is 0.128. The van der Waals surface area contributed by atoms with Gasteiger partial charge in [0, 0.05) is 25.0 Å². The number of ether oxygens (including phenoxy) is 1. The smallest absolute Gasteiger partial charge is 0.157 e. The average molecular weight is 295 g/mol. The van der Waals surface area contributed by atoms with Gasteiger partial charge in [0.15, 0.2) is 5.82 Å². The highest BCUT2D eigenvalue weighted by molar-refractivity contribution is 7.99. The third kappa shape index (κ3) is 4.63. The van der Waals surface area contributed by atoms with E-state index in [1.165, 1.54) is 25.7 Å². The molecule has 1 aliphatic rings. The van der Waals surface area contributed by atoms with E-state index in [0.29, 0.717) is 18.5 Å². The molecule has 0 saturated heterocycles. The van der Waals surface area contributed by atoms with Gasteiger partial charge in [0.05, 0.1) is 0 Å². The fraction of sp³-hybridized carbons (Fsp3) is 0.733. The van der Waals surface area contributed by atoms with Crippen LogP contribution in [0, 0.1) is 5.92 Å². The van der Waals surface area contributed by atoms with Crippen LogP contribution in [0.2, 0.25) is 0 Å². The highest BCUT2D eigenvalue weighted by Gasteiger charge is 2.20. The van der Waals surface area contributed by atoms with Crippen LogP contribution >= 0.6 is 11.8 Å². The minimum atomic E-state index is 0.487. The van der Waals surface area contributed by atoms with E-state index in [0.717, 1.165) is 22.6 Å². The molecule has 1 fully saturated rings. The van der Waals surface area contributed by atoms with Crippen LogP contribution in [0.25, 0.3) is 0 Å². The number of thioether (sulfide) groups is 1. The van der Waals surface area contributed by atoms with Gasteiger partial charge in [-0.2, -0.15) is 0 Å². The predicted molar refractivity (Wildman–Crippen MR) is 84.2 cm³/mol. The van der Waals surface area contributed by atoms with Crippen LogP contribution in [0.4, 0.5) is 5.82 Å². The number of nitrogens with one attached hydrogen (secondary N) is 1. The standard InChI is InChI=1S/C15H25N3OS/c1-4-19-10-14-17-13(16-3)9-15(18-14)20-12-7-5-6-11(2)8-12/h9,11-12H,4-8,10H2,1-3H3,(H,16,17,18). The first kappa shape index (κ1) is 15.6. The zero-order valence-electron chi connectivity index (χ0n) is 12.7. The number of aromatic nitrogens is 2. The lowest BCUT2D eigenvalue weighted by Gasteiger charge is -2.25. The van der Waals surface area contributed by atoms with E-state index in [-0.39, 0.29) is 0 Å². The molecule has 0 radical (unpaired) electrons. The minimum absolute atomic E-state index is 0.487. The van der Waals surface area contributed by atoms with Gasteiger partial charge in [0.25, 0.3) is 0 Å². The maximum absolute atomic E-state index is 5.42. The van der Waals surface area contributed by atoms with Crippen LogP contribution in [-0.2, 0) is 11.3 Å². The van der Waals surface area contributed by atoms with Gasteiger partial charge in [-0.1, -0.05) is 19.8 Å².